The van der Waals surface area contributed by atoms with Crippen molar-refractivity contribution in [1.82, 2.24) is 15.0 Å². The summed E-state index contributed by atoms with van der Waals surface area (Å²) in [6.45, 7) is 1.42. The number of hydrogen-bond donors (Lipinski definition) is 0. The molecule has 2 fully saturated rings. The molecule has 5 nitrogen and oxygen atoms in total. The van der Waals surface area contributed by atoms with Crippen LogP contribution in [0.1, 0.15) is 31.4 Å². The highest BCUT2D eigenvalue weighted by Gasteiger charge is 2.39. The molecule has 2 aliphatic rings. The van der Waals surface area contributed by atoms with Crippen molar-refractivity contribution in [2.75, 3.05) is 22.9 Å². The molecule has 1 aliphatic heterocycles. The van der Waals surface area contributed by atoms with Gasteiger partial charge in [0, 0.05) is 31.2 Å². The third-order valence-corrected chi connectivity index (χ3v) is 5.04. The molecule has 9 heteroatoms. The third-order valence-electron chi connectivity index (χ3n) is 5.04. The van der Waals surface area contributed by atoms with Gasteiger partial charge in [0.1, 0.15) is 29.5 Å². The van der Waals surface area contributed by atoms with Crippen LogP contribution in [0, 0.1) is 5.82 Å². The minimum Gasteiger partial charge on any atom is -0.356 e. The monoisotopic (exact) mass is 381 g/mol. The second-order valence-corrected chi connectivity index (χ2v) is 6.95. The molecule has 0 unspecified atom stereocenters. The predicted octanol–water partition coefficient (Wildman–Crippen LogP) is 3.67. The standard InChI is InChI=1S/C18H19F4N5/c19-12-1-4-16(23-10-12)26-7-5-14(6-8-26)27(13-2-3-13)17-9-15(18(20,21)22)24-11-25-17/h1,4,9-11,13-14H,2-3,5-8H2. The molecule has 1 saturated heterocycles. The molecule has 2 aromatic heterocycles. The molecular weight excluding hydrogens is 362 g/mol. The van der Waals surface area contributed by atoms with Crippen LogP contribution >= 0.6 is 0 Å². The molecule has 2 aromatic rings. The highest BCUT2D eigenvalue weighted by molar-refractivity contribution is 5.45. The van der Waals surface area contributed by atoms with E-state index in [4.69, 9.17) is 0 Å². The van der Waals surface area contributed by atoms with Crippen LogP contribution in [0.3, 0.4) is 0 Å². The van der Waals surface area contributed by atoms with Gasteiger partial charge in [-0.3, -0.25) is 0 Å². The Morgan fingerprint density at radius 3 is 2.26 bits per heavy atom. The van der Waals surface area contributed by atoms with Crippen molar-refractivity contribution >= 4 is 11.6 Å². The Morgan fingerprint density at radius 1 is 0.963 bits per heavy atom. The maximum atomic E-state index is 13.0. The van der Waals surface area contributed by atoms with Gasteiger partial charge < -0.3 is 9.80 Å². The van der Waals surface area contributed by atoms with E-state index >= 15 is 0 Å². The van der Waals surface area contributed by atoms with Gasteiger partial charge in [0.15, 0.2) is 0 Å². The lowest BCUT2D eigenvalue weighted by atomic mass is 10.0. The van der Waals surface area contributed by atoms with E-state index in [2.05, 4.69) is 19.9 Å². The maximum absolute atomic E-state index is 13.0. The van der Waals surface area contributed by atoms with Crippen molar-refractivity contribution < 1.29 is 17.6 Å². The highest BCUT2D eigenvalue weighted by Crippen LogP contribution is 2.37. The lowest BCUT2D eigenvalue weighted by molar-refractivity contribution is -0.141. The lowest BCUT2D eigenvalue weighted by Gasteiger charge is -2.40. The summed E-state index contributed by atoms with van der Waals surface area (Å²) in [5.41, 5.74) is -0.911. The summed E-state index contributed by atoms with van der Waals surface area (Å²) >= 11 is 0. The number of anilines is 2. The zero-order chi connectivity index (χ0) is 19.0. The van der Waals surface area contributed by atoms with Crippen LogP contribution in [0.5, 0.6) is 0 Å². The van der Waals surface area contributed by atoms with E-state index in [9.17, 15) is 17.6 Å². The van der Waals surface area contributed by atoms with E-state index in [1.807, 2.05) is 4.90 Å². The molecule has 0 spiro atoms. The smallest absolute Gasteiger partial charge is 0.356 e. The fraction of sp³-hybridized carbons (Fsp3) is 0.500. The van der Waals surface area contributed by atoms with Gasteiger partial charge in [-0.15, -0.1) is 0 Å². The summed E-state index contributed by atoms with van der Waals surface area (Å²) in [4.78, 5) is 15.7. The zero-order valence-electron chi connectivity index (χ0n) is 14.5. The summed E-state index contributed by atoms with van der Waals surface area (Å²) in [6, 6.07) is 4.43. The van der Waals surface area contributed by atoms with E-state index in [0.29, 0.717) is 24.7 Å². The molecule has 0 radical (unpaired) electrons. The topological polar surface area (TPSA) is 45.2 Å². The van der Waals surface area contributed by atoms with E-state index in [1.165, 1.54) is 12.3 Å². The summed E-state index contributed by atoms with van der Waals surface area (Å²) in [5.74, 6) is 0.685. The van der Waals surface area contributed by atoms with Crippen molar-refractivity contribution in [3.05, 3.63) is 42.2 Å². The van der Waals surface area contributed by atoms with E-state index in [0.717, 1.165) is 38.1 Å². The summed E-state index contributed by atoms with van der Waals surface area (Å²) in [6.07, 6.45) is 1.19. The van der Waals surface area contributed by atoms with Gasteiger partial charge in [0.2, 0.25) is 0 Å². The van der Waals surface area contributed by atoms with Gasteiger partial charge >= 0.3 is 6.18 Å². The average Bonchev–Trinajstić information content (AvgIpc) is 3.48. The van der Waals surface area contributed by atoms with E-state index < -0.39 is 11.9 Å². The molecule has 4 rings (SSSR count). The highest BCUT2D eigenvalue weighted by atomic mass is 19.4. The second kappa shape index (κ2) is 6.94. The lowest BCUT2D eigenvalue weighted by Crippen LogP contribution is -2.46. The number of nitrogens with zero attached hydrogens (tertiary/aromatic N) is 5. The van der Waals surface area contributed by atoms with E-state index in [-0.39, 0.29) is 17.9 Å². The van der Waals surface area contributed by atoms with Crippen LogP contribution in [0.25, 0.3) is 0 Å². The second-order valence-electron chi connectivity index (χ2n) is 6.95. The van der Waals surface area contributed by atoms with Gasteiger partial charge in [0.05, 0.1) is 6.20 Å². The first-order valence-electron chi connectivity index (χ1n) is 8.96. The Bertz CT molecular complexity index is 783. The number of hydrogen-bond acceptors (Lipinski definition) is 5. The summed E-state index contributed by atoms with van der Waals surface area (Å²) in [5, 5.41) is 0. The first-order chi connectivity index (χ1) is 12.9. The van der Waals surface area contributed by atoms with Gasteiger partial charge in [0.25, 0.3) is 0 Å². The van der Waals surface area contributed by atoms with Crippen molar-refractivity contribution in [3.8, 4) is 0 Å². The van der Waals surface area contributed by atoms with Gasteiger partial charge in [-0.1, -0.05) is 0 Å². The van der Waals surface area contributed by atoms with Gasteiger partial charge in [-0.2, -0.15) is 13.2 Å². The zero-order valence-corrected chi connectivity index (χ0v) is 14.5. The molecule has 0 atom stereocenters. The molecule has 27 heavy (non-hydrogen) atoms. The first-order valence-corrected chi connectivity index (χ1v) is 8.96. The summed E-state index contributed by atoms with van der Waals surface area (Å²) in [7, 11) is 0. The van der Waals surface area contributed by atoms with Crippen molar-refractivity contribution in [2.45, 2.75) is 43.9 Å². The van der Waals surface area contributed by atoms with Gasteiger partial charge in [-0.05, 0) is 37.8 Å². The number of alkyl halides is 3. The summed E-state index contributed by atoms with van der Waals surface area (Å²) < 4.78 is 52.1. The Balaban J connectivity index is 1.49. The number of pyridine rings is 1. The fourth-order valence-corrected chi connectivity index (χ4v) is 3.60. The number of piperidine rings is 1. The van der Waals surface area contributed by atoms with E-state index in [1.54, 1.807) is 6.07 Å². The Hall–Kier alpha value is -2.45. The molecule has 0 amide bonds. The molecule has 3 heterocycles. The largest absolute Gasteiger partial charge is 0.433 e. The molecule has 0 bridgehead atoms. The average molecular weight is 381 g/mol. The molecule has 0 N–H and O–H groups in total. The Morgan fingerprint density at radius 2 is 1.67 bits per heavy atom. The Labute approximate surface area is 154 Å². The van der Waals surface area contributed by atoms with Crippen molar-refractivity contribution in [1.29, 1.82) is 0 Å². The molecular formula is C18H19F4N5. The maximum Gasteiger partial charge on any atom is 0.433 e. The predicted molar refractivity (Wildman–Crippen MR) is 92.0 cm³/mol. The van der Waals surface area contributed by atoms with Crippen LogP contribution in [0.15, 0.2) is 30.7 Å². The van der Waals surface area contributed by atoms with Crippen LogP contribution in [0.2, 0.25) is 0 Å². The van der Waals surface area contributed by atoms with Crippen LogP contribution in [-0.4, -0.2) is 40.1 Å². The van der Waals surface area contributed by atoms with Crippen molar-refractivity contribution in [3.63, 3.8) is 0 Å². The first kappa shape index (κ1) is 17.9. The van der Waals surface area contributed by atoms with Crippen molar-refractivity contribution in [2.24, 2.45) is 0 Å². The number of rotatable bonds is 4. The Kier molecular flexibility index (Phi) is 4.61. The van der Waals surface area contributed by atoms with Crippen LogP contribution in [0.4, 0.5) is 29.2 Å². The molecule has 0 aromatic carbocycles. The molecule has 1 aliphatic carbocycles. The quantitative estimate of drug-likeness (QED) is 0.757. The normalized spacial score (nSPS) is 18.6. The third kappa shape index (κ3) is 3.96. The number of halogens is 4. The number of aromatic nitrogens is 3. The van der Waals surface area contributed by atoms with Crippen LogP contribution < -0.4 is 9.80 Å². The molecule has 1 saturated carbocycles. The minimum atomic E-state index is -4.48. The van der Waals surface area contributed by atoms with Gasteiger partial charge in [-0.25, -0.2) is 19.3 Å². The SMILES string of the molecule is Fc1ccc(N2CCC(N(c3cc(C(F)(F)F)ncn3)C3CC3)CC2)nc1. The van der Waals surface area contributed by atoms with Crippen LogP contribution in [-0.2, 0) is 6.18 Å². The molecule has 144 valence electrons. The minimum absolute atomic E-state index is 0.116. The fourth-order valence-electron chi connectivity index (χ4n) is 3.60.